The van der Waals surface area contributed by atoms with Crippen molar-refractivity contribution in [3.05, 3.63) is 33.1 Å². The van der Waals surface area contributed by atoms with Crippen molar-refractivity contribution in [3.8, 4) is 0 Å². The Hall–Kier alpha value is -1.40. The first-order valence-corrected chi connectivity index (χ1v) is 6.94. The summed E-state index contributed by atoms with van der Waals surface area (Å²) >= 11 is 3.00. The maximum absolute atomic E-state index is 10.9. The van der Waals surface area contributed by atoms with E-state index >= 15 is 0 Å². The lowest BCUT2D eigenvalue weighted by molar-refractivity contribution is 0.0692. The number of thiazole rings is 1. The van der Waals surface area contributed by atoms with Crippen LogP contribution in [0.25, 0.3) is 0 Å². The first kappa shape index (κ1) is 12.1. The maximum atomic E-state index is 10.9. The topological polar surface area (TPSA) is 62.2 Å². The zero-order valence-electron chi connectivity index (χ0n) is 9.27. The average molecular weight is 268 g/mol. The molecule has 2 rings (SSSR count). The molecule has 0 unspecified atom stereocenters. The minimum Gasteiger partial charge on any atom is -0.476 e. The van der Waals surface area contributed by atoms with Crippen LogP contribution in [0.5, 0.6) is 0 Å². The van der Waals surface area contributed by atoms with Gasteiger partial charge < -0.3 is 10.4 Å². The van der Waals surface area contributed by atoms with Crippen LogP contribution in [0.2, 0.25) is 0 Å². The number of carboxylic acids is 1. The Morgan fingerprint density at radius 2 is 2.35 bits per heavy atom. The Labute approximate surface area is 107 Å². The van der Waals surface area contributed by atoms with Crippen molar-refractivity contribution >= 4 is 33.6 Å². The molecule has 2 aromatic heterocycles. The van der Waals surface area contributed by atoms with Gasteiger partial charge in [0.1, 0.15) is 5.00 Å². The van der Waals surface area contributed by atoms with Crippen molar-refractivity contribution in [2.45, 2.75) is 19.9 Å². The van der Waals surface area contributed by atoms with Crippen LogP contribution in [0.15, 0.2) is 17.0 Å². The van der Waals surface area contributed by atoms with E-state index in [1.54, 1.807) is 16.8 Å². The zero-order chi connectivity index (χ0) is 12.3. The van der Waals surface area contributed by atoms with Gasteiger partial charge in [-0.3, -0.25) is 0 Å². The van der Waals surface area contributed by atoms with Crippen molar-refractivity contribution in [2.75, 3.05) is 5.32 Å². The third-order valence-corrected chi connectivity index (χ3v) is 4.15. The summed E-state index contributed by atoms with van der Waals surface area (Å²) in [5.41, 5.74) is 2.95. The Morgan fingerprint density at radius 1 is 1.53 bits per heavy atom. The molecule has 0 fully saturated rings. The summed E-state index contributed by atoms with van der Waals surface area (Å²) in [4.78, 5) is 15.9. The van der Waals surface area contributed by atoms with Crippen LogP contribution in [0.1, 0.15) is 27.9 Å². The minimum atomic E-state index is -0.990. The number of thiophene rings is 1. The summed E-state index contributed by atoms with van der Waals surface area (Å²) < 4.78 is 0. The number of nitrogens with zero attached hydrogens (tertiary/aromatic N) is 1. The largest absolute Gasteiger partial charge is 0.476 e. The van der Waals surface area contributed by atoms with E-state index in [1.807, 2.05) is 0 Å². The molecule has 0 aromatic carbocycles. The fraction of sp³-hybridized carbons (Fsp3) is 0.273. The van der Waals surface area contributed by atoms with Gasteiger partial charge in [0.05, 0.1) is 12.1 Å². The molecule has 4 nitrogen and oxygen atoms in total. The van der Waals surface area contributed by atoms with E-state index in [4.69, 9.17) is 5.11 Å². The molecule has 0 amide bonds. The third kappa shape index (κ3) is 2.65. The predicted molar refractivity (Wildman–Crippen MR) is 70.1 cm³/mol. The highest BCUT2D eigenvalue weighted by Crippen LogP contribution is 2.23. The van der Waals surface area contributed by atoms with E-state index in [1.165, 1.54) is 21.8 Å². The molecule has 0 bridgehead atoms. The molecule has 17 heavy (non-hydrogen) atoms. The summed E-state index contributed by atoms with van der Waals surface area (Å²) in [5, 5.41) is 14.7. The Balaban J connectivity index is 2.07. The lowest BCUT2D eigenvalue weighted by Gasteiger charge is -2.04. The SMILES string of the molecule is CCc1ccsc1CNc1scnc1C(=O)O. The number of aromatic nitrogens is 1. The minimum absolute atomic E-state index is 0.101. The van der Waals surface area contributed by atoms with E-state index < -0.39 is 5.97 Å². The van der Waals surface area contributed by atoms with Crippen LogP contribution in [0.4, 0.5) is 5.00 Å². The van der Waals surface area contributed by atoms with Gasteiger partial charge in [0.15, 0.2) is 5.69 Å². The Bertz CT molecular complexity index is 519. The number of carbonyl (C=O) groups is 1. The second kappa shape index (κ2) is 5.29. The summed E-state index contributed by atoms with van der Waals surface area (Å²) in [6, 6.07) is 2.10. The van der Waals surface area contributed by atoms with Crippen molar-refractivity contribution in [2.24, 2.45) is 0 Å². The second-order valence-electron chi connectivity index (χ2n) is 3.41. The summed E-state index contributed by atoms with van der Waals surface area (Å²) in [7, 11) is 0. The molecule has 0 saturated heterocycles. The number of aromatic carboxylic acids is 1. The third-order valence-electron chi connectivity index (χ3n) is 2.40. The number of anilines is 1. The van der Waals surface area contributed by atoms with Gasteiger partial charge in [-0.05, 0) is 23.4 Å². The van der Waals surface area contributed by atoms with Gasteiger partial charge >= 0.3 is 5.97 Å². The molecule has 2 N–H and O–H groups in total. The number of rotatable bonds is 5. The molecule has 90 valence electrons. The van der Waals surface area contributed by atoms with Crippen molar-refractivity contribution in [1.29, 1.82) is 0 Å². The van der Waals surface area contributed by atoms with E-state index in [0.717, 1.165) is 6.42 Å². The van der Waals surface area contributed by atoms with Crippen molar-refractivity contribution in [1.82, 2.24) is 4.98 Å². The normalized spacial score (nSPS) is 10.4. The molecular formula is C11H12N2O2S2. The molecule has 0 aliphatic heterocycles. The highest BCUT2D eigenvalue weighted by atomic mass is 32.1. The van der Waals surface area contributed by atoms with Gasteiger partial charge in [-0.2, -0.15) is 0 Å². The summed E-state index contributed by atoms with van der Waals surface area (Å²) in [5.74, 6) is -0.990. The molecule has 0 radical (unpaired) electrons. The number of nitrogens with one attached hydrogen (secondary N) is 1. The van der Waals surface area contributed by atoms with Crippen LogP contribution in [0, 0.1) is 0 Å². The smallest absolute Gasteiger partial charge is 0.357 e. The summed E-state index contributed by atoms with van der Waals surface area (Å²) in [6.45, 7) is 2.77. The highest BCUT2D eigenvalue weighted by molar-refractivity contribution is 7.14. The second-order valence-corrected chi connectivity index (χ2v) is 5.27. The van der Waals surface area contributed by atoms with E-state index in [0.29, 0.717) is 11.5 Å². The number of hydrogen-bond donors (Lipinski definition) is 2. The fourth-order valence-electron chi connectivity index (χ4n) is 1.52. The molecule has 0 aliphatic carbocycles. The van der Waals surface area contributed by atoms with Crippen LogP contribution in [-0.2, 0) is 13.0 Å². The molecule has 2 aromatic rings. The van der Waals surface area contributed by atoms with Crippen LogP contribution in [-0.4, -0.2) is 16.1 Å². The highest BCUT2D eigenvalue weighted by Gasteiger charge is 2.13. The lowest BCUT2D eigenvalue weighted by Crippen LogP contribution is -2.04. The lowest BCUT2D eigenvalue weighted by atomic mass is 10.2. The molecule has 0 spiro atoms. The van der Waals surface area contributed by atoms with E-state index in [9.17, 15) is 4.79 Å². The van der Waals surface area contributed by atoms with Gasteiger partial charge in [-0.15, -0.1) is 22.7 Å². The zero-order valence-corrected chi connectivity index (χ0v) is 10.9. The molecule has 6 heteroatoms. The van der Waals surface area contributed by atoms with E-state index in [2.05, 4.69) is 28.7 Å². The monoisotopic (exact) mass is 268 g/mol. The first-order valence-electron chi connectivity index (χ1n) is 5.18. The number of carboxylic acid groups (broad SMARTS) is 1. The van der Waals surface area contributed by atoms with Gasteiger partial charge in [0.2, 0.25) is 0 Å². The Kier molecular flexibility index (Phi) is 3.75. The van der Waals surface area contributed by atoms with Gasteiger partial charge in [-0.1, -0.05) is 6.92 Å². The van der Waals surface area contributed by atoms with Crippen molar-refractivity contribution < 1.29 is 9.90 Å². The van der Waals surface area contributed by atoms with Gasteiger partial charge in [0.25, 0.3) is 0 Å². The maximum Gasteiger partial charge on any atom is 0.357 e. The van der Waals surface area contributed by atoms with Crippen LogP contribution < -0.4 is 5.32 Å². The van der Waals surface area contributed by atoms with Crippen molar-refractivity contribution in [3.63, 3.8) is 0 Å². The summed E-state index contributed by atoms with van der Waals surface area (Å²) in [6.07, 6.45) is 0.995. The first-order chi connectivity index (χ1) is 8.22. The number of aryl methyl sites for hydroxylation is 1. The molecule has 0 atom stereocenters. The van der Waals surface area contributed by atoms with Gasteiger partial charge in [-0.25, -0.2) is 9.78 Å². The molecular weight excluding hydrogens is 256 g/mol. The molecule has 0 saturated carbocycles. The van der Waals surface area contributed by atoms with E-state index in [-0.39, 0.29) is 5.69 Å². The van der Waals surface area contributed by atoms with Crippen LogP contribution in [0.3, 0.4) is 0 Å². The number of hydrogen-bond acceptors (Lipinski definition) is 5. The fourth-order valence-corrected chi connectivity index (χ4v) is 3.11. The quantitative estimate of drug-likeness (QED) is 0.874. The Morgan fingerprint density at radius 3 is 3.06 bits per heavy atom. The standard InChI is InChI=1S/C11H12N2O2S2/c1-2-7-3-4-16-8(7)5-12-10-9(11(14)15)13-6-17-10/h3-4,6,12H,2,5H2,1H3,(H,14,15). The van der Waals surface area contributed by atoms with Crippen LogP contribution >= 0.6 is 22.7 Å². The predicted octanol–water partition coefficient (Wildman–Crippen LogP) is 3.08. The molecule has 0 aliphatic rings. The average Bonchev–Trinajstić information content (AvgIpc) is 2.94. The van der Waals surface area contributed by atoms with Gasteiger partial charge in [0, 0.05) is 4.88 Å². The molecule has 2 heterocycles.